The lowest BCUT2D eigenvalue weighted by Gasteiger charge is -2.20. The quantitative estimate of drug-likeness (QED) is 0.556. The summed E-state index contributed by atoms with van der Waals surface area (Å²) in [6.45, 7) is 6.05. The molecular formula is C24H25N5O3. The molecule has 8 heteroatoms. The summed E-state index contributed by atoms with van der Waals surface area (Å²) < 4.78 is 5.15. The van der Waals surface area contributed by atoms with Gasteiger partial charge in [0.15, 0.2) is 5.78 Å². The highest BCUT2D eigenvalue weighted by atomic mass is 16.6. The van der Waals surface area contributed by atoms with E-state index in [1.807, 2.05) is 56.3 Å². The Morgan fingerprint density at radius 3 is 2.47 bits per heavy atom. The highest BCUT2D eigenvalue weighted by Crippen LogP contribution is 2.24. The van der Waals surface area contributed by atoms with E-state index in [2.05, 4.69) is 20.3 Å². The van der Waals surface area contributed by atoms with Gasteiger partial charge in [0.25, 0.3) is 0 Å². The zero-order valence-corrected chi connectivity index (χ0v) is 18.3. The Kier molecular flexibility index (Phi) is 6.11. The summed E-state index contributed by atoms with van der Waals surface area (Å²) in [6.07, 6.45) is 0.295. The maximum atomic E-state index is 12.6. The van der Waals surface area contributed by atoms with Gasteiger partial charge < -0.3 is 10.1 Å². The van der Waals surface area contributed by atoms with E-state index in [0.717, 1.165) is 12.0 Å². The molecule has 0 radical (unpaired) electrons. The molecule has 2 heterocycles. The molecule has 0 bridgehead atoms. The molecule has 0 saturated carbocycles. The van der Waals surface area contributed by atoms with Crippen molar-refractivity contribution in [3.05, 3.63) is 77.1 Å². The van der Waals surface area contributed by atoms with E-state index in [0.29, 0.717) is 29.5 Å². The maximum Gasteiger partial charge on any atom is 0.417 e. The van der Waals surface area contributed by atoms with Crippen LogP contribution in [0.5, 0.6) is 0 Å². The third kappa shape index (κ3) is 4.44. The van der Waals surface area contributed by atoms with Crippen LogP contribution in [0, 0.1) is 6.92 Å². The van der Waals surface area contributed by atoms with E-state index in [-0.39, 0.29) is 23.8 Å². The molecule has 164 valence electrons. The molecule has 0 unspecified atom stereocenters. The molecule has 1 aromatic heterocycles. The topological polar surface area (TPSA) is 97.3 Å². The molecule has 2 aromatic carbocycles. The van der Waals surface area contributed by atoms with Crippen LogP contribution in [0.3, 0.4) is 0 Å². The van der Waals surface area contributed by atoms with Crippen LogP contribution in [0.2, 0.25) is 0 Å². The smallest absolute Gasteiger partial charge is 0.417 e. The highest BCUT2D eigenvalue weighted by molar-refractivity contribution is 6.08. The molecule has 1 fully saturated rings. The van der Waals surface area contributed by atoms with E-state index in [9.17, 15) is 9.59 Å². The van der Waals surface area contributed by atoms with Gasteiger partial charge in [0.2, 0.25) is 11.9 Å². The van der Waals surface area contributed by atoms with Crippen LogP contribution in [0.4, 0.5) is 16.7 Å². The van der Waals surface area contributed by atoms with Gasteiger partial charge in [0.05, 0.1) is 12.1 Å². The Morgan fingerprint density at radius 2 is 1.78 bits per heavy atom. The van der Waals surface area contributed by atoms with Gasteiger partial charge in [0, 0.05) is 11.1 Å². The fraction of sp³-hybridized carbons (Fsp3) is 0.292. The molecule has 1 aliphatic rings. The fourth-order valence-corrected chi connectivity index (χ4v) is 3.60. The number of aryl methyl sites for hydroxylation is 1. The molecule has 32 heavy (non-hydrogen) atoms. The van der Waals surface area contributed by atoms with Crippen molar-refractivity contribution < 1.29 is 14.3 Å². The number of ketones is 1. The number of hydrogen-bond acceptors (Lipinski definition) is 7. The number of benzene rings is 2. The molecule has 0 aliphatic carbocycles. The minimum Gasteiger partial charge on any atom is -0.447 e. The standard InChI is InChI=1S/C24H25N5O3/c1-4-20-14-32-24(31)29(20)23-27-16(3)26-22(28-23)25-15(2)17-10-12-19(13-11-17)21(30)18-8-6-5-7-9-18/h5-13,15,20H,4,14H2,1-3H3,(H,25,26,27,28)/t15-,20-/m0/s1. The molecular weight excluding hydrogens is 406 g/mol. The molecule has 2 atom stereocenters. The second-order valence-electron chi connectivity index (χ2n) is 7.70. The van der Waals surface area contributed by atoms with Crippen LogP contribution in [0.1, 0.15) is 53.6 Å². The number of amides is 1. The van der Waals surface area contributed by atoms with Crippen LogP contribution >= 0.6 is 0 Å². The Bertz CT molecular complexity index is 1120. The largest absolute Gasteiger partial charge is 0.447 e. The number of carbonyl (C=O) groups is 2. The molecule has 4 rings (SSSR count). The zero-order chi connectivity index (χ0) is 22.7. The fourth-order valence-electron chi connectivity index (χ4n) is 3.60. The van der Waals surface area contributed by atoms with Gasteiger partial charge in [-0.3, -0.25) is 4.79 Å². The van der Waals surface area contributed by atoms with Crippen molar-refractivity contribution >= 4 is 23.8 Å². The van der Waals surface area contributed by atoms with Crippen LogP contribution in [-0.2, 0) is 4.74 Å². The predicted octanol–water partition coefficient (Wildman–Crippen LogP) is 4.32. The molecule has 1 N–H and O–H groups in total. The van der Waals surface area contributed by atoms with Gasteiger partial charge in [0.1, 0.15) is 12.4 Å². The minimum atomic E-state index is -0.444. The maximum absolute atomic E-state index is 12.6. The summed E-state index contributed by atoms with van der Waals surface area (Å²) in [7, 11) is 0. The first-order valence-electron chi connectivity index (χ1n) is 10.6. The van der Waals surface area contributed by atoms with Gasteiger partial charge in [-0.05, 0) is 25.8 Å². The lowest BCUT2D eigenvalue weighted by molar-refractivity contribution is 0.103. The summed E-state index contributed by atoms with van der Waals surface area (Å²) in [5.74, 6) is 1.14. The van der Waals surface area contributed by atoms with E-state index in [1.165, 1.54) is 4.90 Å². The number of ether oxygens (including phenoxy) is 1. The highest BCUT2D eigenvalue weighted by Gasteiger charge is 2.35. The Balaban J connectivity index is 1.50. The van der Waals surface area contributed by atoms with Gasteiger partial charge >= 0.3 is 6.09 Å². The molecule has 3 aromatic rings. The second-order valence-corrected chi connectivity index (χ2v) is 7.70. The second kappa shape index (κ2) is 9.13. The molecule has 1 saturated heterocycles. The number of nitrogens with zero attached hydrogens (tertiary/aromatic N) is 4. The molecule has 0 spiro atoms. The van der Waals surface area contributed by atoms with E-state index in [4.69, 9.17) is 4.74 Å². The van der Waals surface area contributed by atoms with Crippen molar-refractivity contribution in [1.29, 1.82) is 0 Å². The number of rotatable bonds is 7. The van der Waals surface area contributed by atoms with Gasteiger partial charge in [-0.15, -0.1) is 0 Å². The summed E-state index contributed by atoms with van der Waals surface area (Å²) in [5.41, 5.74) is 2.26. The average Bonchev–Trinajstić information content (AvgIpc) is 3.19. The van der Waals surface area contributed by atoms with Crippen LogP contribution in [-0.4, -0.2) is 39.5 Å². The van der Waals surface area contributed by atoms with E-state index in [1.54, 1.807) is 19.1 Å². The molecule has 1 aliphatic heterocycles. The first-order chi connectivity index (χ1) is 15.5. The summed E-state index contributed by atoms with van der Waals surface area (Å²) in [4.78, 5) is 39.4. The van der Waals surface area contributed by atoms with Gasteiger partial charge in [-0.25, -0.2) is 9.69 Å². The lowest BCUT2D eigenvalue weighted by Crippen LogP contribution is -2.34. The monoisotopic (exact) mass is 431 g/mol. The number of nitrogens with one attached hydrogen (secondary N) is 1. The van der Waals surface area contributed by atoms with Crippen molar-refractivity contribution in [3.8, 4) is 0 Å². The Hall–Kier alpha value is -3.81. The van der Waals surface area contributed by atoms with Crippen molar-refractivity contribution in [2.45, 2.75) is 39.3 Å². The minimum absolute atomic E-state index is 0.0153. The van der Waals surface area contributed by atoms with Crippen LogP contribution in [0.25, 0.3) is 0 Å². The number of cyclic esters (lactones) is 1. The Morgan fingerprint density at radius 1 is 1.09 bits per heavy atom. The van der Waals surface area contributed by atoms with Gasteiger partial charge in [-0.2, -0.15) is 15.0 Å². The summed E-state index contributed by atoms with van der Waals surface area (Å²) >= 11 is 0. The van der Waals surface area contributed by atoms with Crippen molar-refractivity contribution in [3.63, 3.8) is 0 Å². The predicted molar refractivity (Wildman–Crippen MR) is 121 cm³/mol. The molecule has 8 nitrogen and oxygen atoms in total. The zero-order valence-electron chi connectivity index (χ0n) is 18.3. The van der Waals surface area contributed by atoms with Crippen molar-refractivity contribution in [2.24, 2.45) is 0 Å². The lowest BCUT2D eigenvalue weighted by atomic mass is 10.0. The Labute approximate surface area is 186 Å². The van der Waals surface area contributed by atoms with Crippen LogP contribution < -0.4 is 10.2 Å². The summed E-state index contributed by atoms with van der Waals surface area (Å²) in [5, 5.41) is 3.26. The summed E-state index contributed by atoms with van der Waals surface area (Å²) in [6, 6.07) is 16.4. The van der Waals surface area contributed by atoms with E-state index < -0.39 is 6.09 Å². The van der Waals surface area contributed by atoms with Gasteiger partial charge in [-0.1, -0.05) is 61.5 Å². The first kappa shape index (κ1) is 21.4. The van der Waals surface area contributed by atoms with Crippen molar-refractivity contribution in [1.82, 2.24) is 15.0 Å². The number of hydrogen-bond donors (Lipinski definition) is 1. The molecule has 1 amide bonds. The first-order valence-corrected chi connectivity index (χ1v) is 10.6. The van der Waals surface area contributed by atoms with E-state index >= 15 is 0 Å². The third-order valence-electron chi connectivity index (χ3n) is 5.44. The third-order valence-corrected chi connectivity index (χ3v) is 5.44. The normalized spacial score (nSPS) is 16.5. The van der Waals surface area contributed by atoms with Crippen LogP contribution in [0.15, 0.2) is 54.6 Å². The number of anilines is 2. The SMILES string of the molecule is CC[C@H]1COC(=O)N1c1nc(C)nc(N[C@@H](C)c2ccc(C(=O)c3ccccc3)cc2)n1. The number of carbonyl (C=O) groups excluding carboxylic acids is 2. The number of aromatic nitrogens is 3. The average molecular weight is 431 g/mol. The van der Waals surface area contributed by atoms with Crippen molar-refractivity contribution in [2.75, 3.05) is 16.8 Å².